The zero-order chi connectivity index (χ0) is 29.1. The van der Waals surface area contributed by atoms with Crippen molar-refractivity contribution in [3.05, 3.63) is 52.6 Å². The van der Waals surface area contributed by atoms with Crippen LogP contribution in [0.15, 0.2) is 24.5 Å². The molecule has 0 bridgehead atoms. The normalized spacial score (nSPS) is 29.7. The number of amides is 1. The number of ketones is 4. The fourth-order valence-corrected chi connectivity index (χ4v) is 6.67. The highest BCUT2D eigenvalue weighted by atomic mass is 16.3. The van der Waals surface area contributed by atoms with E-state index < -0.39 is 64.4 Å². The van der Waals surface area contributed by atoms with Gasteiger partial charge in [0, 0.05) is 31.4 Å². The van der Waals surface area contributed by atoms with E-state index in [1.807, 2.05) is 6.92 Å². The number of Topliss-reactive ketones (excluding diaryl/α,β-unsaturated/α-hetero) is 4. The Bertz CT molecular complexity index is 1440. The van der Waals surface area contributed by atoms with Crippen molar-refractivity contribution < 1.29 is 34.2 Å². The molecule has 1 aromatic heterocycles. The molecule has 2 unspecified atom stereocenters. The smallest absolute Gasteiger partial charge is 0.235 e. The Labute approximate surface area is 230 Å². The monoisotopic (exact) mass is 549 g/mol. The van der Waals surface area contributed by atoms with Gasteiger partial charge in [0.25, 0.3) is 0 Å². The van der Waals surface area contributed by atoms with Gasteiger partial charge in [0.1, 0.15) is 5.75 Å². The number of phenolic OH excluding ortho intramolecular Hbond substituents is 1. The van der Waals surface area contributed by atoms with Crippen LogP contribution in [0.3, 0.4) is 0 Å². The number of primary amides is 1. The molecule has 3 aliphatic carbocycles. The number of carbonyl (C=O) groups is 5. The van der Waals surface area contributed by atoms with E-state index in [1.54, 1.807) is 32.6 Å². The number of likely N-dealkylation sites (N-methyl/N-ethyl adjacent to an activating group) is 1. The molecule has 5 N–H and O–H groups in total. The Kier molecular flexibility index (Phi) is 6.89. The maximum Gasteiger partial charge on any atom is 0.235 e. The van der Waals surface area contributed by atoms with E-state index in [1.165, 1.54) is 11.0 Å². The van der Waals surface area contributed by atoms with E-state index >= 15 is 0 Å². The number of benzene rings is 1. The molecule has 3 aliphatic rings. The fourth-order valence-electron chi connectivity index (χ4n) is 6.67. The van der Waals surface area contributed by atoms with Gasteiger partial charge in [0.15, 0.2) is 34.7 Å². The highest BCUT2D eigenvalue weighted by Gasteiger charge is 2.69. The van der Waals surface area contributed by atoms with E-state index in [0.717, 1.165) is 17.0 Å². The minimum absolute atomic E-state index is 0.00533. The summed E-state index contributed by atoms with van der Waals surface area (Å²) >= 11 is 0. The lowest BCUT2D eigenvalue weighted by Gasteiger charge is -2.52. The minimum atomic E-state index is -2.74. The summed E-state index contributed by atoms with van der Waals surface area (Å²) in [6.45, 7) is 2.58. The van der Waals surface area contributed by atoms with Crippen molar-refractivity contribution >= 4 is 29.0 Å². The number of hydrogen-bond donors (Lipinski definition) is 4. The van der Waals surface area contributed by atoms with Crippen LogP contribution in [0.1, 0.15) is 39.3 Å². The van der Waals surface area contributed by atoms with Gasteiger partial charge in [-0.1, -0.05) is 6.07 Å². The second-order valence-electron chi connectivity index (χ2n) is 11.1. The van der Waals surface area contributed by atoms with Crippen LogP contribution >= 0.6 is 0 Å². The van der Waals surface area contributed by atoms with Gasteiger partial charge >= 0.3 is 0 Å². The first kappa shape index (κ1) is 27.7. The second kappa shape index (κ2) is 9.95. The van der Waals surface area contributed by atoms with Crippen LogP contribution in [0.2, 0.25) is 0 Å². The number of rotatable bonds is 6. The summed E-state index contributed by atoms with van der Waals surface area (Å²) in [4.78, 5) is 76.2. The topological polar surface area (TPSA) is 193 Å². The summed E-state index contributed by atoms with van der Waals surface area (Å²) in [6.07, 6.45) is 3.54. The molecule has 0 saturated heterocycles. The molecule has 6 atom stereocenters. The summed E-state index contributed by atoms with van der Waals surface area (Å²) < 4.78 is 0. The summed E-state index contributed by atoms with van der Waals surface area (Å²) in [7, 11) is 3.10. The Balaban J connectivity index is 1.50. The molecule has 40 heavy (non-hydrogen) atoms. The van der Waals surface area contributed by atoms with Crippen LogP contribution in [0.5, 0.6) is 5.75 Å². The molecule has 0 radical (unpaired) electrons. The molecule has 1 amide bonds. The molecule has 2 aromatic rings. The number of aliphatic hydroxyl groups is 1. The zero-order valence-electron chi connectivity index (χ0n) is 22.4. The first-order valence-corrected chi connectivity index (χ1v) is 13.0. The number of aryl methyl sites for hydroxylation is 1. The van der Waals surface area contributed by atoms with Crippen molar-refractivity contribution in [2.45, 2.75) is 44.5 Å². The average molecular weight is 550 g/mol. The Morgan fingerprint density at radius 3 is 2.48 bits per heavy atom. The quantitative estimate of drug-likeness (QED) is 0.332. The molecular formula is C28H31N5O7. The van der Waals surface area contributed by atoms with Gasteiger partial charge in [-0.25, -0.2) is 0 Å². The third-order valence-corrected chi connectivity index (χ3v) is 8.50. The van der Waals surface area contributed by atoms with Gasteiger partial charge in [-0.3, -0.25) is 38.8 Å². The molecule has 1 heterocycles. The maximum absolute atomic E-state index is 13.9. The largest absolute Gasteiger partial charge is 0.507 e. The predicted octanol–water partition coefficient (Wildman–Crippen LogP) is -0.745. The van der Waals surface area contributed by atoms with Crippen LogP contribution in [-0.4, -0.2) is 79.9 Å². The number of aromatic hydroxyl groups is 1. The van der Waals surface area contributed by atoms with Gasteiger partial charge < -0.3 is 21.3 Å². The maximum atomic E-state index is 13.9. The summed E-state index contributed by atoms with van der Waals surface area (Å²) in [5, 5.41) is 25.6. The standard InChI is InChI=1S/C28H31N5O7/c1-12-8-32-15(11-31-12)10-30-9-13-4-5-18(34)20-16(13)6-14-7-17-22(33(2)3)24(36)21(27(29)39)26(38)28(17,40)25(37)19(14)23(20)35/h4-5,8,11,14,17,19,21-22,30,34,40H,6-7,9-10H2,1-3H3,(H2,29,39)/t14-,17-,19?,21?,22-,28-/m0/s1. The average Bonchev–Trinajstić information content (AvgIpc) is 2.88. The van der Waals surface area contributed by atoms with Crippen molar-refractivity contribution in [1.82, 2.24) is 20.2 Å². The van der Waals surface area contributed by atoms with Gasteiger partial charge in [-0.2, -0.15) is 0 Å². The molecule has 0 spiro atoms. The Morgan fingerprint density at radius 2 is 1.85 bits per heavy atom. The number of nitrogens with two attached hydrogens (primary N) is 1. The van der Waals surface area contributed by atoms with Crippen molar-refractivity contribution in [3.63, 3.8) is 0 Å². The van der Waals surface area contributed by atoms with E-state index in [0.29, 0.717) is 18.7 Å². The van der Waals surface area contributed by atoms with Crippen molar-refractivity contribution in [2.75, 3.05) is 14.1 Å². The van der Waals surface area contributed by atoms with Crippen LogP contribution in [-0.2, 0) is 38.7 Å². The van der Waals surface area contributed by atoms with Gasteiger partial charge in [-0.05, 0) is 57.0 Å². The number of nitrogens with one attached hydrogen (secondary N) is 1. The SMILES string of the molecule is Cc1cnc(CNCc2ccc(O)c3c2C[C@H]2C[C@H]4[C@H](N(C)C)C(=O)C(C(N)=O)C(=O)[C@@]4(O)C(=O)C2C3=O)cn1. The number of nitrogens with zero attached hydrogens (tertiary/aromatic N) is 3. The number of aromatic nitrogens is 2. The molecule has 1 aromatic carbocycles. The zero-order valence-corrected chi connectivity index (χ0v) is 22.4. The predicted molar refractivity (Wildman–Crippen MR) is 139 cm³/mol. The lowest BCUT2D eigenvalue weighted by atomic mass is 9.52. The van der Waals surface area contributed by atoms with E-state index in [4.69, 9.17) is 5.73 Å². The third kappa shape index (κ3) is 4.14. The summed E-state index contributed by atoms with van der Waals surface area (Å²) in [5.41, 5.74) is 5.40. The number of fused-ring (bicyclic) bond motifs is 3. The van der Waals surface area contributed by atoms with E-state index in [-0.39, 0.29) is 24.2 Å². The van der Waals surface area contributed by atoms with Gasteiger partial charge in [0.05, 0.1) is 28.9 Å². The molecule has 0 aliphatic heterocycles. The van der Waals surface area contributed by atoms with Crippen LogP contribution in [0, 0.1) is 30.6 Å². The highest BCUT2D eigenvalue weighted by Crippen LogP contribution is 2.51. The van der Waals surface area contributed by atoms with Crippen LogP contribution in [0.4, 0.5) is 0 Å². The number of carbonyl (C=O) groups excluding carboxylic acids is 5. The van der Waals surface area contributed by atoms with Gasteiger partial charge in [-0.15, -0.1) is 0 Å². The minimum Gasteiger partial charge on any atom is -0.507 e. The van der Waals surface area contributed by atoms with Crippen molar-refractivity contribution in [2.24, 2.45) is 29.4 Å². The summed E-state index contributed by atoms with van der Waals surface area (Å²) in [5.74, 6) is -10.6. The second-order valence-corrected chi connectivity index (χ2v) is 11.1. The fraction of sp³-hybridized carbons (Fsp3) is 0.464. The molecule has 2 saturated carbocycles. The number of phenols is 1. The van der Waals surface area contributed by atoms with E-state index in [9.17, 15) is 34.2 Å². The third-order valence-electron chi connectivity index (χ3n) is 8.50. The van der Waals surface area contributed by atoms with Crippen molar-refractivity contribution in [1.29, 1.82) is 0 Å². The first-order chi connectivity index (χ1) is 18.9. The van der Waals surface area contributed by atoms with Crippen LogP contribution in [0.25, 0.3) is 0 Å². The first-order valence-electron chi connectivity index (χ1n) is 13.0. The number of hydrogen-bond acceptors (Lipinski definition) is 11. The molecule has 12 nitrogen and oxygen atoms in total. The lowest BCUT2D eigenvalue weighted by Crippen LogP contribution is -2.74. The Morgan fingerprint density at radius 1 is 1.12 bits per heavy atom. The molecular weight excluding hydrogens is 518 g/mol. The Hall–Kier alpha value is -3.87. The molecule has 5 rings (SSSR count). The molecule has 12 heteroatoms. The highest BCUT2D eigenvalue weighted by molar-refractivity contribution is 6.32. The van der Waals surface area contributed by atoms with Crippen molar-refractivity contribution in [3.8, 4) is 5.75 Å². The molecule has 2 fully saturated rings. The lowest BCUT2D eigenvalue weighted by molar-refractivity contribution is -0.181. The van der Waals surface area contributed by atoms with E-state index in [2.05, 4.69) is 15.3 Å². The van der Waals surface area contributed by atoms with Crippen LogP contribution < -0.4 is 11.1 Å². The molecule has 210 valence electrons. The van der Waals surface area contributed by atoms with Gasteiger partial charge in [0.2, 0.25) is 5.91 Å². The summed E-state index contributed by atoms with van der Waals surface area (Å²) in [6, 6.07) is 1.94.